The molecule has 1 N–H and O–H groups in total. The zero-order valence-electron chi connectivity index (χ0n) is 19.0. The number of carbonyl (C=O) groups excluding carboxylic acids is 1. The van der Waals surface area contributed by atoms with Crippen molar-refractivity contribution in [2.45, 2.75) is 32.7 Å². The lowest BCUT2D eigenvalue weighted by atomic mass is 10.0. The third-order valence-electron chi connectivity index (χ3n) is 5.43. The Kier molecular flexibility index (Phi) is 6.79. The van der Waals surface area contributed by atoms with E-state index in [1.54, 1.807) is 0 Å². The molecule has 1 amide bonds. The van der Waals surface area contributed by atoms with Crippen LogP contribution in [0.5, 0.6) is 11.6 Å². The largest absolute Gasteiger partial charge is 0.438 e. The van der Waals surface area contributed by atoms with Crippen LogP contribution in [0.2, 0.25) is 0 Å². The number of amides is 1. The van der Waals surface area contributed by atoms with Crippen molar-refractivity contribution in [3.05, 3.63) is 108 Å². The number of nitrogens with one attached hydrogen (secondary N) is 1. The molecule has 0 saturated heterocycles. The zero-order chi connectivity index (χ0) is 23.2. The van der Waals surface area contributed by atoms with Crippen LogP contribution in [-0.2, 0) is 0 Å². The van der Waals surface area contributed by atoms with Crippen molar-refractivity contribution in [3.63, 3.8) is 0 Å². The van der Waals surface area contributed by atoms with E-state index in [1.807, 2.05) is 91.9 Å². The molecule has 0 bridgehead atoms. The zero-order valence-corrected chi connectivity index (χ0v) is 19.0. The van der Waals surface area contributed by atoms with Crippen LogP contribution in [0.25, 0.3) is 11.4 Å². The number of nitrogens with zero attached hydrogens (tertiary/aromatic N) is 2. The SMILES string of the molecule is CC(C)c1ccccc1Oc1nc(-c2ccccc2)ncc1C(=O)N[C@@H](C)c1ccccc1. The normalized spacial score (nSPS) is 11.8. The molecule has 5 heteroatoms. The van der Waals surface area contributed by atoms with Gasteiger partial charge in [0.05, 0.1) is 6.04 Å². The fourth-order valence-electron chi connectivity index (χ4n) is 3.58. The van der Waals surface area contributed by atoms with Crippen LogP contribution in [0, 0.1) is 0 Å². The molecule has 33 heavy (non-hydrogen) atoms. The number of para-hydroxylation sites is 1. The molecule has 0 unspecified atom stereocenters. The van der Waals surface area contributed by atoms with E-state index in [-0.39, 0.29) is 29.3 Å². The van der Waals surface area contributed by atoms with Gasteiger partial charge in [-0.15, -0.1) is 0 Å². The summed E-state index contributed by atoms with van der Waals surface area (Å²) in [5.41, 5.74) is 3.20. The molecule has 1 heterocycles. The van der Waals surface area contributed by atoms with Gasteiger partial charge in [-0.2, -0.15) is 4.98 Å². The first-order valence-electron chi connectivity index (χ1n) is 11.1. The Bertz CT molecular complexity index is 1220. The van der Waals surface area contributed by atoms with Gasteiger partial charge in [0.1, 0.15) is 11.3 Å². The summed E-state index contributed by atoms with van der Waals surface area (Å²) in [6.07, 6.45) is 1.54. The van der Waals surface area contributed by atoms with Crippen LogP contribution in [0.1, 0.15) is 54.2 Å². The third kappa shape index (κ3) is 5.26. The predicted molar refractivity (Wildman–Crippen MR) is 130 cm³/mol. The van der Waals surface area contributed by atoms with E-state index in [0.29, 0.717) is 11.6 Å². The van der Waals surface area contributed by atoms with Gasteiger partial charge >= 0.3 is 0 Å². The average Bonchev–Trinajstić information content (AvgIpc) is 2.85. The number of ether oxygens (including phenoxy) is 1. The first-order valence-corrected chi connectivity index (χ1v) is 11.1. The Labute approximate surface area is 194 Å². The van der Waals surface area contributed by atoms with Gasteiger partial charge in [0.15, 0.2) is 5.82 Å². The molecule has 0 radical (unpaired) electrons. The van der Waals surface area contributed by atoms with Crippen LogP contribution in [-0.4, -0.2) is 15.9 Å². The van der Waals surface area contributed by atoms with Crippen molar-refractivity contribution >= 4 is 5.91 Å². The summed E-state index contributed by atoms with van der Waals surface area (Å²) in [5.74, 6) is 1.38. The summed E-state index contributed by atoms with van der Waals surface area (Å²) in [6, 6.07) is 27.1. The molecule has 0 spiro atoms. The third-order valence-corrected chi connectivity index (χ3v) is 5.43. The smallest absolute Gasteiger partial charge is 0.258 e. The fourth-order valence-corrected chi connectivity index (χ4v) is 3.58. The van der Waals surface area contributed by atoms with E-state index < -0.39 is 0 Å². The number of aromatic nitrogens is 2. The summed E-state index contributed by atoms with van der Waals surface area (Å²) in [5, 5.41) is 3.04. The lowest BCUT2D eigenvalue weighted by molar-refractivity contribution is 0.0936. The summed E-state index contributed by atoms with van der Waals surface area (Å²) >= 11 is 0. The fraction of sp³-hybridized carbons (Fsp3) is 0.179. The molecule has 3 aromatic carbocycles. The molecule has 0 aliphatic rings. The topological polar surface area (TPSA) is 64.1 Å². The van der Waals surface area contributed by atoms with E-state index in [0.717, 1.165) is 16.7 Å². The van der Waals surface area contributed by atoms with E-state index in [9.17, 15) is 4.79 Å². The molecule has 4 rings (SSSR count). The minimum atomic E-state index is -0.289. The predicted octanol–water partition coefficient (Wildman–Crippen LogP) is 6.55. The summed E-state index contributed by atoms with van der Waals surface area (Å²) < 4.78 is 6.26. The van der Waals surface area contributed by atoms with Gasteiger partial charge in [-0.25, -0.2) is 4.98 Å². The lowest BCUT2D eigenvalue weighted by Crippen LogP contribution is -2.27. The Balaban J connectivity index is 1.71. The quantitative estimate of drug-likeness (QED) is 0.356. The number of hydrogen-bond donors (Lipinski definition) is 1. The Morgan fingerprint density at radius 3 is 2.18 bits per heavy atom. The van der Waals surface area contributed by atoms with Crippen molar-refractivity contribution in [2.24, 2.45) is 0 Å². The molecule has 0 saturated carbocycles. The van der Waals surface area contributed by atoms with Gasteiger partial charge in [0.2, 0.25) is 5.88 Å². The van der Waals surface area contributed by atoms with E-state index in [4.69, 9.17) is 4.74 Å². The van der Waals surface area contributed by atoms with E-state index in [1.165, 1.54) is 6.20 Å². The van der Waals surface area contributed by atoms with E-state index in [2.05, 4.69) is 29.1 Å². The number of carbonyl (C=O) groups is 1. The summed E-state index contributed by atoms with van der Waals surface area (Å²) in [4.78, 5) is 22.3. The highest BCUT2D eigenvalue weighted by Crippen LogP contribution is 2.32. The molecule has 0 aliphatic carbocycles. The van der Waals surface area contributed by atoms with Crippen molar-refractivity contribution in [3.8, 4) is 23.0 Å². The van der Waals surface area contributed by atoms with Crippen LogP contribution < -0.4 is 10.1 Å². The highest BCUT2D eigenvalue weighted by Gasteiger charge is 2.21. The second-order valence-corrected chi connectivity index (χ2v) is 8.18. The molecule has 5 nitrogen and oxygen atoms in total. The van der Waals surface area contributed by atoms with Gasteiger partial charge in [0.25, 0.3) is 5.91 Å². The molecular weight excluding hydrogens is 410 g/mol. The van der Waals surface area contributed by atoms with E-state index >= 15 is 0 Å². The van der Waals surface area contributed by atoms with Crippen molar-refractivity contribution in [1.29, 1.82) is 0 Å². The molecule has 4 aromatic rings. The molecule has 0 aliphatic heterocycles. The highest BCUT2D eigenvalue weighted by atomic mass is 16.5. The Morgan fingerprint density at radius 1 is 0.848 bits per heavy atom. The van der Waals surface area contributed by atoms with Gasteiger partial charge in [-0.3, -0.25) is 4.79 Å². The molecule has 1 atom stereocenters. The number of benzene rings is 3. The van der Waals surface area contributed by atoms with Crippen molar-refractivity contribution in [2.75, 3.05) is 0 Å². The Morgan fingerprint density at radius 2 is 1.48 bits per heavy atom. The maximum absolute atomic E-state index is 13.2. The second kappa shape index (κ2) is 10.1. The summed E-state index contributed by atoms with van der Waals surface area (Å²) in [6.45, 7) is 6.15. The monoisotopic (exact) mass is 437 g/mol. The van der Waals surface area contributed by atoms with Gasteiger partial charge in [-0.1, -0.05) is 92.7 Å². The van der Waals surface area contributed by atoms with Gasteiger partial charge < -0.3 is 10.1 Å². The molecule has 166 valence electrons. The van der Waals surface area contributed by atoms with Crippen LogP contribution in [0.15, 0.2) is 91.1 Å². The Hall–Kier alpha value is -3.99. The maximum Gasteiger partial charge on any atom is 0.258 e. The molecule has 0 fully saturated rings. The van der Waals surface area contributed by atoms with Crippen LogP contribution >= 0.6 is 0 Å². The summed E-state index contributed by atoms with van der Waals surface area (Å²) in [7, 11) is 0. The average molecular weight is 438 g/mol. The minimum Gasteiger partial charge on any atom is -0.438 e. The van der Waals surface area contributed by atoms with Crippen molar-refractivity contribution in [1.82, 2.24) is 15.3 Å². The van der Waals surface area contributed by atoms with Crippen LogP contribution in [0.4, 0.5) is 0 Å². The number of rotatable bonds is 7. The standard InChI is InChI=1S/C28H27N3O2/c1-19(2)23-16-10-11-17-25(23)33-28-24(18-29-26(31-28)22-14-8-5-9-15-22)27(32)30-20(3)21-12-6-4-7-13-21/h4-20H,1-3H3,(H,30,32)/t20-/m0/s1. The maximum atomic E-state index is 13.2. The first-order chi connectivity index (χ1) is 16.0. The van der Waals surface area contributed by atoms with Gasteiger partial charge in [-0.05, 0) is 30.0 Å². The first kappa shape index (κ1) is 22.2. The second-order valence-electron chi connectivity index (χ2n) is 8.18. The van der Waals surface area contributed by atoms with Crippen LogP contribution in [0.3, 0.4) is 0 Å². The minimum absolute atomic E-state index is 0.177. The lowest BCUT2D eigenvalue weighted by Gasteiger charge is -2.17. The number of hydrogen-bond acceptors (Lipinski definition) is 4. The molecular formula is C28H27N3O2. The van der Waals surface area contributed by atoms with Crippen molar-refractivity contribution < 1.29 is 9.53 Å². The van der Waals surface area contributed by atoms with Gasteiger partial charge in [0, 0.05) is 11.8 Å². The highest BCUT2D eigenvalue weighted by molar-refractivity contribution is 5.96. The molecule has 1 aromatic heterocycles.